The van der Waals surface area contributed by atoms with Gasteiger partial charge in [-0.05, 0) is 35.4 Å². The third-order valence-corrected chi connectivity index (χ3v) is 5.82. The SMILES string of the molecule is O=C(NCc1cn(Cc2ccccc2)nn1)c1ccc(C(=O)NCc2cn(Cc3ccccc3)nn2)cc1. The minimum Gasteiger partial charge on any atom is -0.346 e. The molecule has 0 fully saturated rings. The molecule has 38 heavy (non-hydrogen) atoms. The number of aromatic nitrogens is 6. The van der Waals surface area contributed by atoms with E-state index in [0.29, 0.717) is 35.6 Å². The van der Waals surface area contributed by atoms with Gasteiger partial charge in [-0.2, -0.15) is 0 Å². The molecule has 0 aliphatic carbocycles. The zero-order valence-electron chi connectivity index (χ0n) is 20.6. The van der Waals surface area contributed by atoms with Gasteiger partial charge in [-0.3, -0.25) is 9.59 Å². The first-order valence-electron chi connectivity index (χ1n) is 12.1. The van der Waals surface area contributed by atoms with Crippen LogP contribution in [0.25, 0.3) is 0 Å². The molecule has 10 heteroatoms. The summed E-state index contributed by atoms with van der Waals surface area (Å²) in [6.07, 6.45) is 3.61. The molecule has 2 N–H and O–H groups in total. The Bertz CT molecular complexity index is 1380. The first kappa shape index (κ1) is 24.6. The molecule has 5 rings (SSSR count). The molecule has 0 radical (unpaired) electrons. The van der Waals surface area contributed by atoms with Gasteiger partial charge in [0.15, 0.2) is 0 Å². The number of amides is 2. The molecule has 0 saturated heterocycles. The Hall–Kier alpha value is -5.12. The monoisotopic (exact) mass is 506 g/mol. The molecule has 0 spiro atoms. The van der Waals surface area contributed by atoms with Gasteiger partial charge in [0.25, 0.3) is 11.8 Å². The van der Waals surface area contributed by atoms with Crippen LogP contribution in [-0.4, -0.2) is 41.8 Å². The van der Waals surface area contributed by atoms with E-state index in [1.807, 2.05) is 60.7 Å². The van der Waals surface area contributed by atoms with Crippen LogP contribution < -0.4 is 10.6 Å². The topological polar surface area (TPSA) is 120 Å². The van der Waals surface area contributed by atoms with E-state index < -0.39 is 0 Å². The number of hydrogen-bond acceptors (Lipinski definition) is 6. The number of carbonyl (C=O) groups is 2. The summed E-state index contributed by atoms with van der Waals surface area (Å²) in [7, 11) is 0. The summed E-state index contributed by atoms with van der Waals surface area (Å²) in [5.74, 6) is -0.519. The lowest BCUT2D eigenvalue weighted by atomic mass is 10.1. The summed E-state index contributed by atoms with van der Waals surface area (Å²) in [6.45, 7) is 1.72. The maximum Gasteiger partial charge on any atom is 0.251 e. The number of nitrogens with one attached hydrogen (secondary N) is 2. The van der Waals surface area contributed by atoms with Gasteiger partial charge < -0.3 is 10.6 Å². The Morgan fingerprint density at radius 3 is 1.37 bits per heavy atom. The number of rotatable bonds is 10. The van der Waals surface area contributed by atoms with Gasteiger partial charge in [0.05, 0.1) is 38.6 Å². The fourth-order valence-corrected chi connectivity index (χ4v) is 3.85. The predicted octanol–water partition coefficient (Wildman–Crippen LogP) is 2.83. The molecule has 0 atom stereocenters. The van der Waals surface area contributed by atoms with E-state index >= 15 is 0 Å². The molecule has 2 aromatic heterocycles. The fraction of sp³-hybridized carbons (Fsp3) is 0.143. The highest BCUT2D eigenvalue weighted by Gasteiger charge is 2.11. The highest BCUT2D eigenvalue weighted by Crippen LogP contribution is 2.07. The summed E-state index contributed by atoms with van der Waals surface area (Å²) in [5.41, 5.74) is 4.44. The van der Waals surface area contributed by atoms with Crippen LogP contribution in [0.5, 0.6) is 0 Å². The van der Waals surface area contributed by atoms with E-state index in [9.17, 15) is 9.59 Å². The van der Waals surface area contributed by atoms with E-state index in [-0.39, 0.29) is 24.9 Å². The lowest BCUT2D eigenvalue weighted by Crippen LogP contribution is -2.24. The van der Waals surface area contributed by atoms with E-state index in [2.05, 4.69) is 31.3 Å². The van der Waals surface area contributed by atoms with Crippen molar-refractivity contribution in [1.29, 1.82) is 0 Å². The van der Waals surface area contributed by atoms with Crippen LogP contribution in [0.3, 0.4) is 0 Å². The minimum absolute atomic E-state index is 0.251. The first-order valence-corrected chi connectivity index (χ1v) is 12.1. The Labute approximate surface area is 219 Å². The molecule has 2 amide bonds. The molecule has 10 nitrogen and oxygen atoms in total. The quantitative estimate of drug-likeness (QED) is 0.301. The van der Waals surface area contributed by atoms with Crippen molar-refractivity contribution in [2.24, 2.45) is 0 Å². The molecular formula is C28H26N8O2. The standard InChI is InChI=1S/C28H26N8O2/c37-27(29-15-25-19-35(33-31-25)17-21-7-3-1-4-8-21)23-11-13-24(14-12-23)28(38)30-16-26-20-36(34-32-26)18-22-9-5-2-6-10-22/h1-14,19-20H,15-18H2,(H,29,37)(H,30,38). The summed E-state index contributed by atoms with van der Waals surface area (Å²) in [5, 5.41) is 22.1. The smallest absolute Gasteiger partial charge is 0.251 e. The first-order chi connectivity index (χ1) is 18.6. The summed E-state index contributed by atoms with van der Waals surface area (Å²) < 4.78 is 3.46. The van der Waals surface area contributed by atoms with Crippen LogP contribution in [0.4, 0.5) is 0 Å². The van der Waals surface area contributed by atoms with Gasteiger partial charge in [0, 0.05) is 11.1 Å². The Morgan fingerprint density at radius 2 is 0.974 bits per heavy atom. The number of nitrogens with zero attached hydrogens (tertiary/aromatic N) is 6. The normalized spacial score (nSPS) is 10.7. The van der Waals surface area contributed by atoms with Gasteiger partial charge in [-0.1, -0.05) is 71.1 Å². The number of carbonyl (C=O) groups excluding carboxylic acids is 2. The van der Waals surface area contributed by atoms with Gasteiger partial charge in [-0.15, -0.1) is 10.2 Å². The largest absolute Gasteiger partial charge is 0.346 e. The zero-order chi connectivity index (χ0) is 26.2. The Kier molecular flexibility index (Phi) is 7.59. The molecule has 5 aromatic rings. The van der Waals surface area contributed by atoms with Crippen molar-refractivity contribution in [2.45, 2.75) is 26.2 Å². The van der Waals surface area contributed by atoms with Gasteiger partial charge in [0.2, 0.25) is 0 Å². The van der Waals surface area contributed by atoms with Crippen molar-refractivity contribution in [1.82, 2.24) is 40.6 Å². The highest BCUT2D eigenvalue weighted by atomic mass is 16.2. The lowest BCUT2D eigenvalue weighted by Gasteiger charge is -2.06. The number of benzene rings is 3. The van der Waals surface area contributed by atoms with E-state index in [0.717, 1.165) is 11.1 Å². The average molecular weight is 507 g/mol. The van der Waals surface area contributed by atoms with Crippen LogP contribution in [0.1, 0.15) is 43.2 Å². The van der Waals surface area contributed by atoms with Crippen molar-refractivity contribution in [3.63, 3.8) is 0 Å². The third-order valence-electron chi connectivity index (χ3n) is 5.82. The predicted molar refractivity (Wildman–Crippen MR) is 140 cm³/mol. The fourth-order valence-electron chi connectivity index (χ4n) is 3.85. The van der Waals surface area contributed by atoms with Gasteiger partial charge in [0.1, 0.15) is 11.4 Å². The van der Waals surface area contributed by atoms with Crippen LogP contribution >= 0.6 is 0 Å². The second-order valence-corrected chi connectivity index (χ2v) is 8.73. The highest BCUT2D eigenvalue weighted by molar-refractivity contribution is 5.97. The van der Waals surface area contributed by atoms with Crippen molar-refractivity contribution in [3.8, 4) is 0 Å². The van der Waals surface area contributed by atoms with E-state index in [1.54, 1.807) is 46.0 Å². The summed E-state index contributed by atoms with van der Waals surface area (Å²) >= 11 is 0. The van der Waals surface area contributed by atoms with E-state index in [1.165, 1.54) is 0 Å². The molecule has 2 heterocycles. The van der Waals surface area contributed by atoms with Gasteiger partial charge in [-0.25, -0.2) is 9.36 Å². The zero-order valence-corrected chi connectivity index (χ0v) is 20.6. The maximum atomic E-state index is 12.6. The average Bonchev–Trinajstić information content (AvgIpc) is 3.60. The molecule has 0 aliphatic heterocycles. The molecule has 0 unspecified atom stereocenters. The van der Waals surface area contributed by atoms with Crippen LogP contribution in [0.15, 0.2) is 97.3 Å². The van der Waals surface area contributed by atoms with Crippen LogP contribution in [0.2, 0.25) is 0 Å². The molecule has 3 aromatic carbocycles. The van der Waals surface area contributed by atoms with Crippen molar-refractivity contribution < 1.29 is 9.59 Å². The Balaban J connectivity index is 1.08. The maximum absolute atomic E-state index is 12.6. The summed E-state index contributed by atoms with van der Waals surface area (Å²) in [4.78, 5) is 25.1. The summed E-state index contributed by atoms with van der Waals surface area (Å²) in [6, 6.07) is 26.4. The van der Waals surface area contributed by atoms with E-state index in [4.69, 9.17) is 0 Å². The van der Waals surface area contributed by atoms with Crippen molar-refractivity contribution in [3.05, 3.63) is 131 Å². The van der Waals surface area contributed by atoms with Crippen LogP contribution in [0, 0.1) is 0 Å². The molecular weight excluding hydrogens is 480 g/mol. The minimum atomic E-state index is -0.260. The third kappa shape index (κ3) is 6.55. The molecule has 190 valence electrons. The van der Waals surface area contributed by atoms with Crippen LogP contribution in [-0.2, 0) is 26.2 Å². The number of hydrogen-bond donors (Lipinski definition) is 2. The molecule has 0 saturated carbocycles. The van der Waals surface area contributed by atoms with Crippen molar-refractivity contribution >= 4 is 11.8 Å². The van der Waals surface area contributed by atoms with Gasteiger partial charge >= 0.3 is 0 Å². The molecule has 0 bridgehead atoms. The lowest BCUT2D eigenvalue weighted by molar-refractivity contribution is 0.0938. The van der Waals surface area contributed by atoms with Crippen molar-refractivity contribution in [2.75, 3.05) is 0 Å². The second kappa shape index (κ2) is 11.7. The molecule has 0 aliphatic rings. The second-order valence-electron chi connectivity index (χ2n) is 8.73. The Morgan fingerprint density at radius 1 is 0.579 bits per heavy atom.